The third-order valence-electron chi connectivity index (χ3n) is 4.60. The van der Waals surface area contributed by atoms with Crippen LogP contribution >= 0.6 is 0 Å². The quantitative estimate of drug-likeness (QED) is 0.659. The number of para-hydroxylation sites is 2. The highest BCUT2D eigenvalue weighted by molar-refractivity contribution is 5.86. The van der Waals surface area contributed by atoms with Crippen molar-refractivity contribution in [3.8, 4) is 22.6 Å². The van der Waals surface area contributed by atoms with E-state index in [0.717, 1.165) is 16.7 Å². The Morgan fingerprint density at radius 3 is 2.45 bits per heavy atom. The van der Waals surface area contributed by atoms with Gasteiger partial charge in [-0.2, -0.15) is 0 Å². The van der Waals surface area contributed by atoms with Crippen molar-refractivity contribution in [2.24, 2.45) is 0 Å². The number of nitrogens with one attached hydrogen (secondary N) is 2. The number of ether oxygens (including phenoxy) is 2. The molecule has 0 aromatic heterocycles. The van der Waals surface area contributed by atoms with Crippen molar-refractivity contribution >= 4 is 11.8 Å². The predicted octanol–water partition coefficient (Wildman–Crippen LogP) is 2.88. The highest BCUT2D eigenvalue weighted by Crippen LogP contribution is 2.29. The predicted molar refractivity (Wildman–Crippen MR) is 108 cm³/mol. The molecule has 1 atom stereocenters. The van der Waals surface area contributed by atoms with Crippen molar-refractivity contribution in [2.75, 3.05) is 6.61 Å². The summed E-state index contributed by atoms with van der Waals surface area (Å²) in [7, 11) is 0. The van der Waals surface area contributed by atoms with Gasteiger partial charge in [0.05, 0.1) is 0 Å². The summed E-state index contributed by atoms with van der Waals surface area (Å²) in [4.78, 5) is 24.4. The SMILES string of the molecule is O=C(COc1ccccc1-c1ccccc1)NNC(=O)[C@@H]1Cc2ccccc2O1. The first-order valence-corrected chi connectivity index (χ1v) is 9.31. The van der Waals surface area contributed by atoms with Gasteiger partial charge in [-0.3, -0.25) is 20.4 Å². The Balaban J connectivity index is 1.29. The van der Waals surface area contributed by atoms with Crippen LogP contribution in [0.25, 0.3) is 11.1 Å². The van der Waals surface area contributed by atoms with Crippen molar-refractivity contribution in [3.63, 3.8) is 0 Å². The van der Waals surface area contributed by atoms with Gasteiger partial charge in [-0.15, -0.1) is 0 Å². The Hall–Kier alpha value is -3.80. The third kappa shape index (κ3) is 4.38. The van der Waals surface area contributed by atoms with E-state index in [-0.39, 0.29) is 6.61 Å². The molecule has 0 fully saturated rings. The lowest BCUT2D eigenvalue weighted by molar-refractivity contribution is -0.133. The number of carbonyl (C=O) groups is 2. The fourth-order valence-electron chi connectivity index (χ4n) is 3.17. The largest absolute Gasteiger partial charge is 0.483 e. The summed E-state index contributed by atoms with van der Waals surface area (Å²) in [5.74, 6) is 0.422. The zero-order valence-corrected chi connectivity index (χ0v) is 15.6. The Bertz CT molecular complexity index is 995. The van der Waals surface area contributed by atoms with Crippen LogP contribution in [0.3, 0.4) is 0 Å². The van der Waals surface area contributed by atoms with E-state index < -0.39 is 17.9 Å². The second-order valence-corrected chi connectivity index (χ2v) is 6.61. The molecule has 1 aliphatic heterocycles. The van der Waals surface area contributed by atoms with Gasteiger partial charge in [-0.25, -0.2) is 0 Å². The van der Waals surface area contributed by atoms with E-state index in [4.69, 9.17) is 9.47 Å². The molecule has 0 unspecified atom stereocenters. The van der Waals surface area contributed by atoms with Crippen molar-refractivity contribution in [2.45, 2.75) is 12.5 Å². The molecule has 4 rings (SSSR count). The molecule has 1 heterocycles. The molecule has 29 heavy (non-hydrogen) atoms. The Kier molecular flexibility index (Phi) is 5.42. The Morgan fingerprint density at radius 1 is 0.897 bits per heavy atom. The number of carbonyl (C=O) groups excluding carboxylic acids is 2. The standard InChI is InChI=1S/C23H20N2O4/c26-22(24-25-23(27)21-14-17-10-4-6-12-19(17)29-21)15-28-20-13-7-5-11-18(20)16-8-2-1-3-9-16/h1-13,21H,14-15H2,(H,24,26)(H,25,27)/t21-/m0/s1. The molecule has 0 bridgehead atoms. The fourth-order valence-corrected chi connectivity index (χ4v) is 3.17. The maximum Gasteiger partial charge on any atom is 0.279 e. The van der Waals surface area contributed by atoms with Gasteiger partial charge in [-0.1, -0.05) is 66.7 Å². The summed E-state index contributed by atoms with van der Waals surface area (Å²) in [6, 6.07) is 24.7. The lowest BCUT2D eigenvalue weighted by Crippen LogP contribution is -2.49. The van der Waals surface area contributed by atoms with Crippen LogP contribution in [0.4, 0.5) is 0 Å². The molecule has 0 saturated carbocycles. The van der Waals surface area contributed by atoms with Crippen LogP contribution in [-0.4, -0.2) is 24.5 Å². The van der Waals surface area contributed by atoms with Crippen molar-refractivity contribution in [1.29, 1.82) is 0 Å². The molecule has 1 aliphatic rings. The highest BCUT2D eigenvalue weighted by atomic mass is 16.5. The molecule has 3 aromatic carbocycles. The molecule has 0 aliphatic carbocycles. The molecule has 2 N–H and O–H groups in total. The number of rotatable bonds is 5. The van der Waals surface area contributed by atoms with E-state index >= 15 is 0 Å². The second-order valence-electron chi connectivity index (χ2n) is 6.61. The highest BCUT2D eigenvalue weighted by Gasteiger charge is 2.28. The van der Waals surface area contributed by atoms with E-state index in [1.165, 1.54) is 0 Å². The van der Waals surface area contributed by atoms with Crippen LogP contribution in [0.1, 0.15) is 5.56 Å². The van der Waals surface area contributed by atoms with E-state index in [1.54, 1.807) is 6.07 Å². The van der Waals surface area contributed by atoms with Gasteiger partial charge in [0, 0.05) is 12.0 Å². The number of benzene rings is 3. The molecule has 3 aromatic rings. The molecule has 0 radical (unpaired) electrons. The number of amides is 2. The Labute approximate surface area is 168 Å². The van der Waals surface area contributed by atoms with Crippen LogP contribution in [-0.2, 0) is 16.0 Å². The maximum atomic E-state index is 12.2. The van der Waals surface area contributed by atoms with Crippen LogP contribution in [0.2, 0.25) is 0 Å². The van der Waals surface area contributed by atoms with E-state index in [1.807, 2.05) is 72.8 Å². The lowest BCUT2D eigenvalue weighted by atomic mass is 10.1. The van der Waals surface area contributed by atoms with Crippen molar-refractivity contribution < 1.29 is 19.1 Å². The minimum atomic E-state index is -0.660. The van der Waals surface area contributed by atoms with Crippen LogP contribution in [0, 0.1) is 0 Å². The first-order chi connectivity index (χ1) is 14.2. The third-order valence-corrected chi connectivity index (χ3v) is 4.60. The average molecular weight is 388 g/mol. The van der Waals surface area contributed by atoms with Gasteiger partial charge in [0.15, 0.2) is 12.7 Å². The van der Waals surface area contributed by atoms with Crippen LogP contribution < -0.4 is 20.3 Å². The minimum absolute atomic E-state index is 0.226. The molecular formula is C23H20N2O4. The summed E-state index contributed by atoms with van der Waals surface area (Å²) in [6.07, 6.45) is -0.189. The first kappa shape index (κ1) is 18.6. The molecule has 6 heteroatoms. The van der Waals surface area contributed by atoms with E-state index in [9.17, 15) is 9.59 Å². The van der Waals surface area contributed by atoms with Gasteiger partial charge < -0.3 is 9.47 Å². The molecule has 0 saturated heterocycles. The average Bonchev–Trinajstić information content (AvgIpc) is 3.21. The summed E-state index contributed by atoms with van der Waals surface area (Å²) in [5.41, 5.74) is 7.63. The maximum absolute atomic E-state index is 12.2. The lowest BCUT2D eigenvalue weighted by Gasteiger charge is -2.14. The molecule has 2 amide bonds. The summed E-state index contributed by atoms with van der Waals surface area (Å²) < 4.78 is 11.3. The summed E-state index contributed by atoms with van der Waals surface area (Å²) >= 11 is 0. The molecular weight excluding hydrogens is 368 g/mol. The minimum Gasteiger partial charge on any atom is -0.483 e. The number of fused-ring (bicyclic) bond motifs is 1. The van der Waals surface area contributed by atoms with Gasteiger partial charge in [-0.05, 0) is 23.3 Å². The van der Waals surface area contributed by atoms with Gasteiger partial charge in [0.2, 0.25) is 0 Å². The molecule has 6 nitrogen and oxygen atoms in total. The molecule has 146 valence electrons. The van der Waals surface area contributed by atoms with Crippen LogP contribution in [0.15, 0.2) is 78.9 Å². The summed E-state index contributed by atoms with van der Waals surface area (Å²) in [6.45, 7) is -0.226. The summed E-state index contributed by atoms with van der Waals surface area (Å²) in [5, 5.41) is 0. The first-order valence-electron chi connectivity index (χ1n) is 9.31. The Morgan fingerprint density at radius 2 is 1.62 bits per heavy atom. The number of hydrogen-bond donors (Lipinski definition) is 2. The van der Waals surface area contributed by atoms with E-state index in [0.29, 0.717) is 17.9 Å². The zero-order valence-electron chi connectivity index (χ0n) is 15.6. The second kappa shape index (κ2) is 8.48. The van der Waals surface area contributed by atoms with Gasteiger partial charge in [0.1, 0.15) is 11.5 Å². The van der Waals surface area contributed by atoms with Gasteiger partial charge >= 0.3 is 0 Å². The normalized spacial score (nSPS) is 14.4. The van der Waals surface area contributed by atoms with Gasteiger partial charge in [0.25, 0.3) is 11.8 Å². The van der Waals surface area contributed by atoms with Crippen molar-refractivity contribution in [1.82, 2.24) is 10.9 Å². The number of hydrazine groups is 1. The fraction of sp³-hybridized carbons (Fsp3) is 0.130. The monoisotopic (exact) mass is 388 g/mol. The van der Waals surface area contributed by atoms with E-state index in [2.05, 4.69) is 10.9 Å². The topological polar surface area (TPSA) is 76.7 Å². The van der Waals surface area contributed by atoms with Crippen LogP contribution in [0.5, 0.6) is 11.5 Å². The molecule has 0 spiro atoms. The smallest absolute Gasteiger partial charge is 0.279 e. The number of hydrogen-bond acceptors (Lipinski definition) is 4. The van der Waals surface area contributed by atoms with Crippen molar-refractivity contribution in [3.05, 3.63) is 84.4 Å². The zero-order chi connectivity index (χ0) is 20.1.